The first-order valence-electron chi connectivity index (χ1n) is 5.25. The predicted octanol–water partition coefficient (Wildman–Crippen LogP) is 0.265. The molecule has 0 aromatic carbocycles. The maximum atomic E-state index is 11.6. The van der Waals surface area contributed by atoms with Gasteiger partial charge in [0.2, 0.25) is 5.91 Å². The largest absolute Gasteiger partial charge is 0.379 e. The van der Waals surface area contributed by atoms with E-state index in [0.717, 1.165) is 19.4 Å². The summed E-state index contributed by atoms with van der Waals surface area (Å²) in [5, 5.41) is 2.96. The molecule has 0 spiro atoms. The summed E-state index contributed by atoms with van der Waals surface area (Å²) in [6.07, 6.45) is 2.04. The molecule has 3 N–H and O–H groups in total. The van der Waals surface area contributed by atoms with Crippen molar-refractivity contribution in [3.8, 4) is 0 Å². The Labute approximate surface area is 85.2 Å². The first-order valence-corrected chi connectivity index (χ1v) is 5.25. The molecule has 3 atom stereocenters. The summed E-state index contributed by atoms with van der Waals surface area (Å²) >= 11 is 0. The van der Waals surface area contributed by atoms with Crippen molar-refractivity contribution in [3.63, 3.8) is 0 Å². The standard InChI is InChI=1S/C10H20N2O2/c1-7(8(2)11)10(13)12-9-4-3-5-14-6-9/h7-9H,3-6,11H2,1-2H3,(H,12,13). The van der Waals surface area contributed by atoms with Crippen LogP contribution in [0.15, 0.2) is 0 Å². The number of nitrogens with two attached hydrogens (primary N) is 1. The normalized spacial score (nSPS) is 26.6. The van der Waals surface area contributed by atoms with Crippen molar-refractivity contribution in [2.75, 3.05) is 13.2 Å². The molecule has 0 radical (unpaired) electrons. The van der Waals surface area contributed by atoms with Crippen LogP contribution in [0.2, 0.25) is 0 Å². The van der Waals surface area contributed by atoms with Gasteiger partial charge in [-0.1, -0.05) is 6.92 Å². The van der Waals surface area contributed by atoms with Crippen LogP contribution in [0.3, 0.4) is 0 Å². The number of nitrogens with one attached hydrogen (secondary N) is 1. The number of hydrogen-bond acceptors (Lipinski definition) is 3. The molecule has 1 heterocycles. The monoisotopic (exact) mass is 200 g/mol. The lowest BCUT2D eigenvalue weighted by molar-refractivity contribution is -0.126. The number of carbonyl (C=O) groups excluding carboxylic acids is 1. The zero-order valence-corrected chi connectivity index (χ0v) is 8.95. The molecule has 14 heavy (non-hydrogen) atoms. The fourth-order valence-electron chi connectivity index (χ4n) is 1.43. The average Bonchev–Trinajstić information content (AvgIpc) is 2.18. The molecule has 1 fully saturated rings. The van der Waals surface area contributed by atoms with E-state index in [2.05, 4.69) is 5.32 Å². The summed E-state index contributed by atoms with van der Waals surface area (Å²) in [6.45, 7) is 5.15. The van der Waals surface area contributed by atoms with E-state index in [-0.39, 0.29) is 23.9 Å². The van der Waals surface area contributed by atoms with E-state index in [0.29, 0.717) is 6.61 Å². The van der Waals surface area contributed by atoms with Gasteiger partial charge in [-0.25, -0.2) is 0 Å². The van der Waals surface area contributed by atoms with Crippen molar-refractivity contribution < 1.29 is 9.53 Å². The molecule has 0 bridgehead atoms. The maximum absolute atomic E-state index is 11.6. The first kappa shape index (κ1) is 11.5. The van der Waals surface area contributed by atoms with Gasteiger partial charge in [-0.15, -0.1) is 0 Å². The second-order valence-corrected chi connectivity index (χ2v) is 4.07. The van der Waals surface area contributed by atoms with Gasteiger partial charge in [-0.05, 0) is 19.8 Å². The molecular formula is C10H20N2O2. The summed E-state index contributed by atoms with van der Waals surface area (Å²) in [5.74, 6) is -0.0903. The van der Waals surface area contributed by atoms with Crippen LogP contribution in [-0.2, 0) is 9.53 Å². The molecule has 1 rings (SSSR count). The van der Waals surface area contributed by atoms with Gasteiger partial charge in [0.25, 0.3) is 0 Å². The molecular weight excluding hydrogens is 180 g/mol. The van der Waals surface area contributed by atoms with E-state index in [9.17, 15) is 4.79 Å². The fourth-order valence-corrected chi connectivity index (χ4v) is 1.43. The van der Waals surface area contributed by atoms with Crippen LogP contribution in [0.5, 0.6) is 0 Å². The highest BCUT2D eigenvalue weighted by Gasteiger charge is 2.21. The predicted molar refractivity (Wildman–Crippen MR) is 54.8 cm³/mol. The minimum absolute atomic E-state index is 0.0375. The van der Waals surface area contributed by atoms with E-state index in [4.69, 9.17) is 10.5 Å². The van der Waals surface area contributed by atoms with Crippen LogP contribution in [0.4, 0.5) is 0 Å². The van der Waals surface area contributed by atoms with Crippen molar-refractivity contribution in [2.24, 2.45) is 11.7 Å². The molecule has 3 unspecified atom stereocenters. The van der Waals surface area contributed by atoms with E-state index in [1.165, 1.54) is 0 Å². The third-order valence-electron chi connectivity index (χ3n) is 2.71. The third-order valence-corrected chi connectivity index (χ3v) is 2.71. The third kappa shape index (κ3) is 3.27. The SMILES string of the molecule is CC(N)C(C)C(=O)NC1CCCOC1. The lowest BCUT2D eigenvalue weighted by atomic mass is 10.0. The van der Waals surface area contributed by atoms with E-state index in [1.54, 1.807) is 0 Å². The molecule has 0 aromatic rings. The summed E-state index contributed by atoms with van der Waals surface area (Å²) in [4.78, 5) is 11.6. The summed E-state index contributed by atoms with van der Waals surface area (Å²) < 4.78 is 5.28. The summed E-state index contributed by atoms with van der Waals surface area (Å²) in [6, 6.07) is 0.0805. The van der Waals surface area contributed by atoms with Gasteiger partial charge in [0.05, 0.1) is 12.6 Å². The highest BCUT2D eigenvalue weighted by atomic mass is 16.5. The molecule has 1 aliphatic heterocycles. The lowest BCUT2D eigenvalue weighted by Gasteiger charge is -2.25. The van der Waals surface area contributed by atoms with Crippen molar-refractivity contribution in [3.05, 3.63) is 0 Å². The Hall–Kier alpha value is -0.610. The van der Waals surface area contributed by atoms with Crippen molar-refractivity contribution in [2.45, 2.75) is 38.8 Å². The molecule has 0 aliphatic carbocycles. The van der Waals surface area contributed by atoms with Gasteiger partial charge in [-0.2, -0.15) is 0 Å². The first-order chi connectivity index (χ1) is 6.61. The van der Waals surface area contributed by atoms with Crippen molar-refractivity contribution >= 4 is 5.91 Å². The second kappa shape index (κ2) is 5.32. The molecule has 1 saturated heterocycles. The van der Waals surface area contributed by atoms with E-state index >= 15 is 0 Å². The molecule has 0 saturated carbocycles. The molecule has 0 aromatic heterocycles. The van der Waals surface area contributed by atoms with Crippen LogP contribution in [0.25, 0.3) is 0 Å². The van der Waals surface area contributed by atoms with Gasteiger partial charge in [0, 0.05) is 18.6 Å². The maximum Gasteiger partial charge on any atom is 0.224 e. The van der Waals surface area contributed by atoms with Gasteiger partial charge in [-0.3, -0.25) is 4.79 Å². The highest BCUT2D eigenvalue weighted by molar-refractivity contribution is 5.79. The van der Waals surface area contributed by atoms with E-state index in [1.807, 2.05) is 13.8 Å². The van der Waals surface area contributed by atoms with Crippen LogP contribution in [0.1, 0.15) is 26.7 Å². The summed E-state index contributed by atoms with van der Waals surface area (Å²) in [5.41, 5.74) is 5.65. The molecule has 1 aliphatic rings. The van der Waals surface area contributed by atoms with E-state index < -0.39 is 0 Å². The van der Waals surface area contributed by atoms with Crippen molar-refractivity contribution in [1.82, 2.24) is 5.32 Å². The second-order valence-electron chi connectivity index (χ2n) is 4.07. The quantitative estimate of drug-likeness (QED) is 0.687. The van der Waals surface area contributed by atoms with Gasteiger partial charge in [0.1, 0.15) is 0 Å². The zero-order chi connectivity index (χ0) is 10.6. The lowest BCUT2D eigenvalue weighted by Crippen LogP contribution is -2.46. The Morgan fingerprint density at radius 2 is 2.29 bits per heavy atom. The summed E-state index contributed by atoms with van der Waals surface area (Å²) in [7, 11) is 0. The Kier molecular flexibility index (Phi) is 4.35. The van der Waals surface area contributed by atoms with Gasteiger partial charge < -0.3 is 15.8 Å². The van der Waals surface area contributed by atoms with Crippen LogP contribution >= 0.6 is 0 Å². The topological polar surface area (TPSA) is 64.4 Å². The Bertz CT molecular complexity index is 189. The smallest absolute Gasteiger partial charge is 0.224 e. The minimum atomic E-state index is -0.128. The highest BCUT2D eigenvalue weighted by Crippen LogP contribution is 2.07. The molecule has 1 amide bonds. The zero-order valence-electron chi connectivity index (χ0n) is 8.95. The van der Waals surface area contributed by atoms with Crippen LogP contribution in [0, 0.1) is 5.92 Å². The Morgan fingerprint density at radius 3 is 2.79 bits per heavy atom. The van der Waals surface area contributed by atoms with Gasteiger partial charge >= 0.3 is 0 Å². The molecule has 82 valence electrons. The van der Waals surface area contributed by atoms with Crippen molar-refractivity contribution in [1.29, 1.82) is 0 Å². The molecule has 4 nitrogen and oxygen atoms in total. The minimum Gasteiger partial charge on any atom is -0.379 e. The number of carbonyl (C=O) groups is 1. The average molecular weight is 200 g/mol. The number of ether oxygens (including phenoxy) is 1. The Morgan fingerprint density at radius 1 is 1.57 bits per heavy atom. The number of rotatable bonds is 3. The fraction of sp³-hybridized carbons (Fsp3) is 0.900. The van der Waals surface area contributed by atoms with Crippen LogP contribution < -0.4 is 11.1 Å². The number of hydrogen-bond donors (Lipinski definition) is 2. The molecule has 4 heteroatoms. The number of amides is 1. The van der Waals surface area contributed by atoms with Gasteiger partial charge in [0.15, 0.2) is 0 Å². The van der Waals surface area contributed by atoms with Crippen LogP contribution in [-0.4, -0.2) is 31.2 Å². The Balaban J connectivity index is 2.31.